The van der Waals surface area contributed by atoms with Crippen LogP contribution >= 0.6 is 0 Å². The van der Waals surface area contributed by atoms with Gasteiger partial charge in [0.1, 0.15) is 18.0 Å². The van der Waals surface area contributed by atoms with Crippen molar-refractivity contribution in [3.63, 3.8) is 0 Å². The first-order chi connectivity index (χ1) is 12.7. The van der Waals surface area contributed by atoms with Gasteiger partial charge in [0.15, 0.2) is 0 Å². The first-order valence-corrected chi connectivity index (χ1v) is 9.16. The highest BCUT2D eigenvalue weighted by Crippen LogP contribution is 2.25. The summed E-state index contributed by atoms with van der Waals surface area (Å²) in [5, 5.41) is 9.84. The molecule has 2 aliphatic rings. The van der Waals surface area contributed by atoms with Crippen LogP contribution in [0.2, 0.25) is 0 Å². The van der Waals surface area contributed by atoms with Crippen molar-refractivity contribution in [2.45, 2.75) is 25.7 Å². The van der Waals surface area contributed by atoms with E-state index >= 15 is 0 Å². The third-order valence-corrected chi connectivity index (χ3v) is 5.07. The first-order valence-electron chi connectivity index (χ1n) is 9.16. The lowest BCUT2D eigenvalue weighted by Gasteiger charge is -2.35. The number of anilines is 1. The smallest absolute Gasteiger partial charge is 0.291 e. The topological polar surface area (TPSA) is 103 Å². The molecular formula is C17H24N8O. The monoisotopic (exact) mass is 356 g/mol. The summed E-state index contributed by atoms with van der Waals surface area (Å²) in [4.78, 5) is 29.6. The Hall–Kier alpha value is -2.55. The van der Waals surface area contributed by atoms with Gasteiger partial charge in [-0.05, 0) is 26.3 Å². The van der Waals surface area contributed by atoms with Crippen molar-refractivity contribution in [3.05, 3.63) is 29.7 Å². The Balaban J connectivity index is 1.44. The summed E-state index contributed by atoms with van der Waals surface area (Å²) >= 11 is 0. The summed E-state index contributed by atoms with van der Waals surface area (Å²) in [5.74, 6) is 2.42. The van der Waals surface area contributed by atoms with Crippen LogP contribution in [0.25, 0.3) is 0 Å². The van der Waals surface area contributed by atoms with Crippen LogP contribution in [0.4, 0.5) is 5.82 Å². The van der Waals surface area contributed by atoms with Crippen molar-refractivity contribution >= 4 is 11.7 Å². The average molecular weight is 356 g/mol. The number of nitrogens with zero attached hydrogens (tertiary/aromatic N) is 6. The summed E-state index contributed by atoms with van der Waals surface area (Å²) in [7, 11) is 0. The maximum atomic E-state index is 12.4. The van der Waals surface area contributed by atoms with Crippen LogP contribution in [0.15, 0.2) is 12.4 Å². The van der Waals surface area contributed by atoms with Gasteiger partial charge in [-0.1, -0.05) is 0 Å². The van der Waals surface area contributed by atoms with Gasteiger partial charge >= 0.3 is 0 Å². The summed E-state index contributed by atoms with van der Waals surface area (Å²) in [6.45, 7) is 6.81. The van der Waals surface area contributed by atoms with E-state index in [0.29, 0.717) is 24.8 Å². The van der Waals surface area contributed by atoms with E-state index in [1.807, 2.05) is 6.92 Å². The molecule has 4 heterocycles. The van der Waals surface area contributed by atoms with Crippen molar-refractivity contribution in [1.82, 2.24) is 35.4 Å². The van der Waals surface area contributed by atoms with Gasteiger partial charge in [-0.2, -0.15) is 5.10 Å². The SMILES string of the molecule is Cc1nc([C@H]2CCCNC2)cc(N2CCN(C(=O)c3ncn[nH]3)CC2)n1. The molecule has 2 aliphatic heterocycles. The molecule has 9 heteroatoms. The van der Waals surface area contributed by atoms with Crippen molar-refractivity contribution < 1.29 is 4.79 Å². The van der Waals surface area contributed by atoms with Crippen LogP contribution in [-0.4, -0.2) is 75.2 Å². The van der Waals surface area contributed by atoms with Gasteiger partial charge < -0.3 is 15.1 Å². The molecule has 0 spiro atoms. The Labute approximate surface area is 152 Å². The summed E-state index contributed by atoms with van der Waals surface area (Å²) in [6, 6.07) is 2.12. The number of amides is 1. The Morgan fingerprint density at radius 2 is 2.08 bits per heavy atom. The van der Waals surface area contributed by atoms with E-state index in [1.54, 1.807) is 4.90 Å². The zero-order chi connectivity index (χ0) is 17.9. The van der Waals surface area contributed by atoms with Gasteiger partial charge in [-0.25, -0.2) is 15.0 Å². The molecule has 0 bridgehead atoms. The van der Waals surface area contributed by atoms with Crippen LogP contribution in [0.5, 0.6) is 0 Å². The van der Waals surface area contributed by atoms with Crippen LogP contribution in [0, 0.1) is 6.92 Å². The van der Waals surface area contributed by atoms with Gasteiger partial charge in [0.25, 0.3) is 5.91 Å². The molecule has 138 valence electrons. The van der Waals surface area contributed by atoms with Gasteiger partial charge in [-0.15, -0.1) is 0 Å². The minimum atomic E-state index is -0.102. The highest BCUT2D eigenvalue weighted by molar-refractivity contribution is 5.90. The molecule has 0 radical (unpaired) electrons. The summed E-state index contributed by atoms with van der Waals surface area (Å²) in [6.07, 6.45) is 3.71. The summed E-state index contributed by atoms with van der Waals surface area (Å²) in [5.41, 5.74) is 1.12. The molecule has 1 amide bonds. The predicted octanol–water partition coefficient (Wildman–Crippen LogP) is 0.333. The average Bonchev–Trinajstić information content (AvgIpc) is 3.22. The van der Waals surface area contributed by atoms with Crippen molar-refractivity contribution in [2.75, 3.05) is 44.2 Å². The van der Waals surface area contributed by atoms with E-state index in [9.17, 15) is 4.79 Å². The largest absolute Gasteiger partial charge is 0.353 e. The van der Waals surface area contributed by atoms with E-state index in [2.05, 4.69) is 41.4 Å². The van der Waals surface area contributed by atoms with E-state index < -0.39 is 0 Å². The molecule has 0 aromatic carbocycles. The van der Waals surface area contributed by atoms with E-state index in [-0.39, 0.29) is 5.91 Å². The number of aromatic nitrogens is 5. The number of piperazine rings is 1. The molecule has 1 atom stereocenters. The first kappa shape index (κ1) is 16.9. The van der Waals surface area contributed by atoms with Crippen molar-refractivity contribution in [1.29, 1.82) is 0 Å². The zero-order valence-electron chi connectivity index (χ0n) is 15.0. The fourth-order valence-electron chi connectivity index (χ4n) is 3.65. The second-order valence-electron chi connectivity index (χ2n) is 6.85. The summed E-state index contributed by atoms with van der Waals surface area (Å²) < 4.78 is 0. The standard InChI is InChI=1S/C17H24N8O/c1-12-21-14(13-3-2-4-18-10-13)9-15(22-12)24-5-7-25(8-6-24)17(26)16-19-11-20-23-16/h9,11,13,18H,2-8,10H2,1H3,(H,19,20,23)/t13-/m0/s1. The molecule has 2 saturated heterocycles. The molecular weight excluding hydrogens is 332 g/mol. The lowest BCUT2D eigenvalue weighted by Crippen LogP contribution is -2.49. The second kappa shape index (κ2) is 7.36. The van der Waals surface area contributed by atoms with E-state index in [0.717, 1.165) is 43.5 Å². The fourth-order valence-corrected chi connectivity index (χ4v) is 3.65. The maximum Gasteiger partial charge on any atom is 0.291 e. The molecule has 4 rings (SSSR count). The molecule has 2 aromatic heterocycles. The Morgan fingerprint density at radius 3 is 2.77 bits per heavy atom. The number of carbonyl (C=O) groups is 1. The van der Waals surface area contributed by atoms with Gasteiger partial charge in [0, 0.05) is 44.7 Å². The molecule has 26 heavy (non-hydrogen) atoms. The number of carbonyl (C=O) groups excluding carboxylic acids is 1. The molecule has 0 saturated carbocycles. The predicted molar refractivity (Wildman–Crippen MR) is 96.1 cm³/mol. The fraction of sp³-hybridized carbons (Fsp3) is 0.588. The van der Waals surface area contributed by atoms with E-state index in [4.69, 9.17) is 0 Å². The third-order valence-electron chi connectivity index (χ3n) is 5.07. The second-order valence-corrected chi connectivity index (χ2v) is 6.85. The normalized spacial score (nSPS) is 21.0. The third kappa shape index (κ3) is 3.52. The molecule has 2 N–H and O–H groups in total. The van der Waals surface area contributed by atoms with Gasteiger partial charge in [-0.3, -0.25) is 9.89 Å². The van der Waals surface area contributed by atoms with Crippen LogP contribution < -0.4 is 10.2 Å². The minimum absolute atomic E-state index is 0.102. The number of hydrogen-bond donors (Lipinski definition) is 2. The van der Waals surface area contributed by atoms with Gasteiger partial charge in [0.05, 0.1) is 5.69 Å². The van der Waals surface area contributed by atoms with Crippen LogP contribution in [0.3, 0.4) is 0 Å². The van der Waals surface area contributed by atoms with E-state index in [1.165, 1.54) is 19.2 Å². The highest BCUT2D eigenvalue weighted by Gasteiger charge is 2.25. The number of aryl methyl sites for hydroxylation is 1. The maximum absolute atomic E-state index is 12.4. The molecule has 2 aromatic rings. The highest BCUT2D eigenvalue weighted by atomic mass is 16.2. The van der Waals surface area contributed by atoms with Crippen LogP contribution in [-0.2, 0) is 0 Å². The number of aromatic amines is 1. The van der Waals surface area contributed by atoms with Crippen molar-refractivity contribution in [3.8, 4) is 0 Å². The number of nitrogens with one attached hydrogen (secondary N) is 2. The Bertz CT molecular complexity index is 748. The van der Waals surface area contributed by atoms with Gasteiger partial charge in [0.2, 0.25) is 5.82 Å². The lowest BCUT2D eigenvalue weighted by molar-refractivity contribution is 0.0734. The lowest BCUT2D eigenvalue weighted by atomic mass is 9.96. The number of rotatable bonds is 3. The Kier molecular flexibility index (Phi) is 4.79. The molecule has 9 nitrogen and oxygen atoms in total. The zero-order valence-corrected chi connectivity index (χ0v) is 15.0. The minimum Gasteiger partial charge on any atom is -0.353 e. The molecule has 0 aliphatic carbocycles. The Morgan fingerprint density at radius 1 is 1.23 bits per heavy atom. The number of hydrogen-bond acceptors (Lipinski definition) is 7. The number of H-pyrrole nitrogens is 1. The quantitative estimate of drug-likeness (QED) is 0.817. The molecule has 0 unspecified atom stereocenters. The van der Waals surface area contributed by atoms with Crippen molar-refractivity contribution in [2.24, 2.45) is 0 Å². The molecule has 2 fully saturated rings. The van der Waals surface area contributed by atoms with Crippen LogP contribution in [0.1, 0.15) is 40.9 Å². The number of piperidine rings is 1.